The lowest BCUT2D eigenvalue weighted by atomic mass is 9.78. The van der Waals surface area contributed by atoms with Crippen LogP contribution in [0.1, 0.15) is 55.5 Å². The fourth-order valence-corrected chi connectivity index (χ4v) is 3.60. The molecule has 0 bridgehead atoms. The molecule has 126 valence electrons. The average molecular weight is 319 g/mol. The van der Waals surface area contributed by atoms with Gasteiger partial charge in [-0.3, -0.25) is 9.59 Å². The molecule has 7 heteroatoms. The van der Waals surface area contributed by atoms with Crippen LogP contribution in [0.5, 0.6) is 0 Å². The van der Waals surface area contributed by atoms with E-state index < -0.39 is 0 Å². The molecule has 1 saturated carbocycles. The highest BCUT2D eigenvalue weighted by atomic mass is 16.2. The second-order valence-electron chi connectivity index (χ2n) is 6.67. The molecule has 1 aromatic heterocycles. The summed E-state index contributed by atoms with van der Waals surface area (Å²) in [6.07, 6.45) is 6.18. The smallest absolute Gasteiger partial charge is 0.289 e. The van der Waals surface area contributed by atoms with Crippen LogP contribution in [0.3, 0.4) is 0 Å². The van der Waals surface area contributed by atoms with Gasteiger partial charge in [0.1, 0.15) is 5.82 Å². The second-order valence-corrected chi connectivity index (χ2v) is 6.67. The zero-order chi connectivity index (χ0) is 16.2. The van der Waals surface area contributed by atoms with Gasteiger partial charge in [-0.15, -0.1) is 10.2 Å². The van der Waals surface area contributed by atoms with Gasteiger partial charge in [-0.25, -0.2) is 0 Å². The van der Waals surface area contributed by atoms with Gasteiger partial charge in [-0.1, -0.05) is 26.2 Å². The standard InChI is InChI=1S/C16H25N5O2/c1-11-4-2-3-5-12(11)10-14(22)17-7-6-13-19-20-15-16(23)18-8-9-21(13)15/h11-12H,2-10H2,1H3,(H,17,22)(H,18,23). The Labute approximate surface area is 136 Å². The first-order valence-corrected chi connectivity index (χ1v) is 8.62. The molecule has 2 aliphatic rings. The predicted molar refractivity (Wildman–Crippen MR) is 84.8 cm³/mol. The maximum Gasteiger partial charge on any atom is 0.289 e. The van der Waals surface area contributed by atoms with E-state index in [9.17, 15) is 9.59 Å². The van der Waals surface area contributed by atoms with Gasteiger partial charge in [0.15, 0.2) is 0 Å². The quantitative estimate of drug-likeness (QED) is 0.844. The van der Waals surface area contributed by atoms with Gasteiger partial charge in [0.25, 0.3) is 5.91 Å². The lowest BCUT2D eigenvalue weighted by Gasteiger charge is -2.28. The second kappa shape index (κ2) is 7.10. The average Bonchev–Trinajstić information content (AvgIpc) is 2.94. The molecule has 2 N–H and O–H groups in total. The first-order valence-electron chi connectivity index (χ1n) is 8.62. The molecule has 2 unspecified atom stereocenters. The van der Waals surface area contributed by atoms with E-state index in [0.717, 1.165) is 5.82 Å². The summed E-state index contributed by atoms with van der Waals surface area (Å²) in [6.45, 7) is 4.09. The molecule has 2 amide bonds. The minimum absolute atomic E-state index is 0.125. The first-order chi connectivity index (χ1) is 11.1. The summed E-state index contributed by atoms with van der Waals surface area (Å²) in [5.74, 6) is 2.25. The zero-order valence-corrected chi connectivity index (χ0v) is 13.7. The topological polar surface area (TPSA) is 88.9 Å². The van der Waals surface area contributed by atoms with Crippen molar-refractivity contribution in [2.75, 3.05) is 13.1 Å². The van der Waals surface area contributed by atoms with Gasteiger partial charge < -0.3 is 15.2 Å². The number of nitrogens with one attached hydrogen (secondary N) is 2. The van der Waals surface area contributed by atoms with Gasteiger partial charge in [-0.05, 0) is 18.3 Å². The number of fused-ring (bicyclic) bond motifs is 1. The van der Waals surface area contributed by atoms with E-state index in [1.807, 2.05) is 4.57 Å². The number of aromatic nitrogens is 3. The highest BCUT2D eigenvalue weighted by Gasteiger charge is 2.24. The van der Waals surface area contributed by atoms with Crippen molar-refractivity contribution in [3.63, 3.8) is 0 Å². The third-order valence-corrected chi connectivity index (χ3v) is 5.06. The van der Waals surface area contributed by atoms with Crippen LogP contribution < -0.4 is 10.6 Å². The van der Waals surface area contributed by atoms with Crippen molar-refractivity contribution >= 4 is 11.8 Å². The molecule has 0 saturated heterocycles. The lowest BCUT2D eigenvalue weighted by Crippen LogP contribution is -2.36. The number of rotatable bonds is 5. The van der Waals surface area contributed by atoms with Crippen LogP contribution in [-0.4, -0.2) is 39.7 Å². The van der Waals surface area contributed by atoms with E-state index in [0.29, 0.717) is 50.1 Å². The highest BCUT2D eigenvalue weighted by molar-refractivity contribution is 5.91. The van der Waals surface area contributed by atoms with Crippen molar-refractivity contribution in [2.24, 2.45) is 11.8 Å². The fourth-order valence-electron chi connectivity index (χ4n) is 3.60. The van der Waals surface area contributed by atoms with E-state index in [4.69, 9.17) is 0 Å². The van der Waals surface area contributed by atoms with Gasteiger partial charge >= 0.3 is 0 Å². The van der Waals surface area contributed by atoms with E-state index in [-0.39, 0.29) is 11.8 Å². The Morgan fingerprint density at radius 2 is 2.17 bits per heavy atom. The minimum atomic E-state index is -0.176. The molecule has 1 aliphatic heterocycles. The maximum absolute atomic E-state index is 12.1. The third-order valence-electron chi connectivity index (χ3n) is 5.06. The molecule has 2 heterocycles. The van der Waals surface area contributed by atoms with Crippen molar-refractivity contribution in [3.05, 3.63) is 11.6 Å². The Kier molecular flexibility index (Phi) is 4.93. The summed E-state index contributed by atoms with van der Waals surface area (Å²) in [7, 11) is 0. The molecule has 0 spiro atoms. The van der Waals surface area contributed by atoms with Gasteiger partial charge in [0, 0.05) is 32.5 Å². The minimum Gasteiger partial charge on any atom is -0.356 e. The molecular weight excluding hydrogens is 294 g/mol. The van der Waals surface area contributed by atoms with Gasteiger partial charge in [0.2, 0.25) is 11.7 Å². The Morgan fingerprint density at radius 3 is 3.00 bits per heavy atom. The van der Waals surface area contributed by atoms with Crippen LogP contribution in [0.2, 0.25) is 0 Å². The van der Waals surface area contributed by atoms with Crippen molar-refractivity contribution in [2.45, 2.75) is 52.0 Å². The first kappa shape index (κ1) is 16.0. The highest BCUT2D eigenvalue weighted by Crippen LogP contribution is 2.31. The molecule has 1 aliphatic carbocycles. The van der Waals surface area contributed by atoms with Crippen molar-refractivity contribution in [1.82, 2.24) is 25.4 Å². The van der Waals surface area contributed by atoms with E-state index in [2.05, 4.69) is 27.8 Å². The van der Waals surface area contributed by atoms with Crippen molar-refractivity contribution < 1.29 is 9.59 Å². The molecule has 0 radical (unpaired) electrons. The number of carbonyl (C=O) groups is 2. The van der Waals surface area contributed by atoms with Crippen LogP contribution in [0.4, 0.5) is 0 Å². The Bertz CT molecular complexity index is 583. The van der Waals surface area contributed by atoms with Gasteiger partial charge in [-0.2, -0.15) is 0 Å². The summed E-state index contributed by atoms with van der Waals surface area (Å²) >= 11 is 0. The summed E-state index contributed by atoms with van der Waals surface area (Å²) in [5.41, 5.74) is 0. The largest absolute Gasteiger partial charge is 0.356 e. The number of hydrogen-bond donors (Lipinski definition) is 2. The van der Waals surface area contributed by atoms with Crippen LogP contribution in [0.25, 0.3) is 0 Å². The summed E-state index contributed by atoms with van der Waals surface area (Å²) < 4.78 is 1.84. The molecule has 1 aromatic rings. The monoisotopic (exact) mass is 319 g/mol. The SMILES string of the molecule is CC1CCCCC1CC(=O)NCCc1nnc2n1CCNC2=O. The fraction of sp³-hybridized carbons (Fsp3) is 0.750. The normalized spacial score (nSPS) is 24.0. The maximum atomic E-state index is 12.1. The molecule has 0 aromatic carbocycles. The number of hydrogen-bond acceptors (Lipinski definition) is 4. The summed E-state index contributed by atoms with van der Waals surface area (Å²) in [4.78, 5) is 23.7. The van der Waals surface area contributed by atoms with Gasteiger partial charge in [0.05, 0.1) is 0 Å². The summed E-state index contributed by atoms with van der Waals surface area (Å²) in [5, 5.41) is 13.7. The van der Waals surface area contributed by atoms with Crippen LogP contribution >= 0.6 is 0 Å². The third kappa shape index (κ3) is 3.71. The van der Waals surface area contributed by atoms with Crippen LogP contribution in [-0.2, 0) is 17.8 Å². The predicted octanol–water partition coefficient (Wildman–Crippen LogP) is 0.897. The number of nitrogens with zero attached hydrogens (tertiary/aromatic N) is 3. The van der Waals surface area contributed by atoms with Crippen LogP contribution in [0.15, 0.2) is 0 Å². The number of amides is 2. The van der Waals surface area contributed by atoms with Crippen molar-refractivity contribution in [3.8, 4) is 0 Å². The Hall–Kier alpha value is -1.92. The number of carbonyl (C=O) groups excluding carboxylic acids is 2. The molecular formula is C16H25N5O2. The molecule has 7 nitrogen and oxygen atoms in total. The lowest BCUT2D eigenvalue weighted by molar-refractivity contribution is -0.122. The van der Waals surface area contributed by atoms with Crippen molar-refractivity contribution in [1.29, 1.82) is 0 Å². The van der Waals surface area contributed by atoms with E-state index in [1.165, 1.54) is 25.7 Å². The Balaban J connectivity index is 1.46. The molecule has 2 atom stereocenters. The van der Waals surface area contributed by atoms with E-state index >= 15 is 0 Å². The zero-order valence-electron chi connectivity index (χ0n) is 13.7. The molecule has 1 fully saturated rings. The van der Waals surface area contributed by atoms with E-state index in [1.54, 1.807) is 0 Å². The molecule has 3 rings (SSSR count). The Morgan fingerprint density at radius 1 is 1.35 bits per heavy atom. The molecule has 23 heavy (non-hydrogen) atoms. The summed E-state index contributed by atoms with van der Waals surface area (Å²) in [6, 6.07) is 0. The van der Waals surface area contributed by atoms with Crippen LogP contribution in [0, 0.1) is 11.8 Å².